The Balaban J connectivity index is 1.34. The number of fused-ring (bicyclic) bond motifs is 2. The number of benzene rings is 2. The highest BCUT2D eigenvalue weighted by atomic mass is 32.2. The Morgan fingerprint density at radius 2 is 1.82 bits per heavy atom. The van der Waals surface area contributed by atoms with Crippen LogP contribution in [0.4, 0.5) is 5.69 Å². The summed E-state index contributed by atoms with van der Waals surface area (Å²) in [5, 5.41) is 0. The number of nitrogens with zero attached hydrogens (tertiary/aromatic N) is 2. The van der Waals surface area contributed by atoms with Crippen LogP contribution in [-0.2, 0) is 21.2 Å². The van der Waals surface area contributed by atoms with E-state index in [9.17, 15) is 13.2 Å². The molecule has 3 aliphatic rings. The highest BCUT2D eigenvalue weighted by Gasteiger charge is 2.29. The number of hydrogen-bond donors (Lipinski definition) is 0. The number of methoxy groups -OCH3 is 1. The summed E-state index contributed by atoms with van der Waals surface area (Å²) < 4.78 is 44.3. The fraction of sp³-hybridized carbons (Fsp3) is 0.400. The smallest absolute Gasteiger partial charge is 0.251 e. The fourth-order valence-electron chi connectivity index (χ4n) is 4.67. The fourth-order valence-corrected chi connectivity index (χ4v) is 6.24. The first-order valence-electron chi connectivity index (χ1n) is 11.6. The molecule has 5 rings (SSSR count). The van der Waals surface area contributed by atoms with E-state index in [4.69, 9.17) is 14.2 Å². The van der Waals surface area contributed by atoms with Crippen molar-refractivity contribution in [2.75, 3.05) is 44.9 Å². The number of sulfonamides is 1. The van der Waals surface area contributed by atoms with Crippen LogP contribution in [0.3, 0.4) is 0 Å². The van der Waals surface area contributed by atoms with Gasteiger partial charge in [-0.25, -0.2) is 8.42 Å². The van der Waals surface area contributed by atoms with Crippen molar-refractivity contribution in [3.05, 3.63) is 47.5 Å². The zero-order valence-corrected chi connectivity index (χ0v) is 20.0. The van der Waals surface area contributed by atoms with Gasteiger partial charge in [0, 0.05) is 31.4 Å². The molecular weight excluding hydrogens is 456 g/mol. The van der Waals surface area contributed by atoms with Crippen molar-refractivity contribution in [3.63, 3.8) is 0 Å². The normalized spacial score (nSPS) is 18.2. The predicted octanol–water partition coefficient (Wildman–Crippen LogP) is 3.24. The van der Waals surface area contributed by atoms with Crippen LogP contribution >= 0.6 is 0 Å². The van der Waals surface area contributed by atoms with Crippen molar-refractivity contribution in [3.8, 4) is 17.2 Å². The van der Waals surface area contributed by atoms with Crippen molar-refractivity contribution < 1.29 is 27.4 Å². The highest BCUT2D eigenvalue weighted by Crippen LogP contribution is 2.40. The molecule has 0 aliphatic carbocycles. The van der Waals surface area contributed by atoms with Crippen LogP contribution in [0.5, 0.6) is 17.2 Å². The zero-order valence-electron chi connectivity index (χ0n) is 19.2. The lowest BCUT2D eigenvalue weighted by Gasteiger charge is -2.26. The molecule has 2 aromatic rings. The summed E-state index contributed by atoms with van der Waals surface area (Å²) in [5.74, 6) is 1.55. The minimum absolute atomic E-state index is 0.167. The maximum absolute atomic E-state index is 13.0. The van der Waals surface area contributed by atoms with E-state index < -0.39 is 10.0 Å². The first kappa shape index (κ1) is 22.7. The van der Waals surface area contributed by atoms with Crippen LogP contribution in [0, 0.1) is 0 Å². The Bertz CT molecular complexity index is 1220. The second kappa shape index (κ2) is 9.31. The molecule has 2 aromatic carbocycles. The van der Waals surface area contributed by atoms with Crippen LogP contribution in [-0.4, -0.2) is 58.6 Å². The predicted molar refractivity (Wildman–Crippen MR) is 128 cm³/mol. The van der Waals surface area contributed by atoms with Gasteiger partial charge in [-0.3, -0.25) is 4.79 Å². The molecule has 9 heteroatoms. The molecule has 1 fully saturated rings. The summed E-state index contributed by atoms with van der Waals surface area (Å²) in [6.07, 6.45) is 6.71. The summed E-state index contributed by atoms with van der Waals surface area (Å²) in [6.45, 7) is 2.57. The average Bonchev–Trinajstić information content (AvgIpc) is 3.31. The van der Waals surface area contributed by atoms with Gasteiger partial charge in [-0.15, -0.1) is 0 Å². The Labute approximate surface area is 199 Å². The van der Waals surface area contributed by atoms with Crippen LogP contribution in [0.2, 0.25) is 0 Å². The lowest BCUT2D eigenvalue weighted by molar-refractivity contribution is -0.114. The van der Waals surface area contributed by atoms with E-state index >= 15 is 0 Å². The van der Waals surface area contributed by atoms with Gasteiger partial charge in [0.1, 0.15) is 13.2 Å². The number of amides is 1. The maximum Gasteiger partial charge on any atom is 0.251 e. The Morgan fingerprint density at radius 3 is 2.62 bits per heavy atom. The molecule has 0 atom stereocenters. The molecule has 0 aromatic heterocycles. The number of rotatable bonds is 5. The molecule has 8 nitrogen and oxygen atoms in total. The van der Waals surface area contributed by atoms with E-state index in [-0.39, 0.29) is 5.91 Å². The molecule has 1 amide bonds. The standard InChI is InChI=1S/C25H28N2O6S/c1-31-22-15-18(16-23-25(22)33-14-13-32-23)5-8-24(28)27-12-9-19-17-20(6-7-21(19)27)34(29,30)26-10-3-2-4-11-26/h5-8,15-17H,2-4,9-14H2,1H3/b8-5+. The van der Waals surface area contributed by atoms with Gasteiger partial charge in [-0.05, 0) is 66.8 Å². The minimum atomic E-state index is -3.50. The van der Waals surface area contributed by atoms with Gasteiger partial charge in [-0.1, -0.05) is 6.42 Å². The molecule has 0 unspecified atom stereocenters. The average molecular weight is 485 g/mol. The van der Waals surface area contributed by atoms with Gasteiger partial charge in [0.25, 0.3) is 5.91 Å². The van der Waals surface area contributed by atoms with E-state index in [0.29, 0.717) is 61.4 Å². The summed E-state index contributed by atoms with van der Waals surface area (Å²) in [5.41, 5.74) is 2.39. The molecule has 3 heterocycles. The molecule has 0 spiro atoms. The van der Waals surface area contributed by atoms with E-state index in [1.165, 1.54) is 6.08 Å². The summed E-state index contributed by atoms with van der Waals surface area (Å²) in [7, 11) is -1.94. The molecule has 0 N–H and O–H groups in total. The number of carbonyl (C=O) groups is 1. The van der Waals surface area contributed by atoms with E-state index in [1.807, 2.05) is 6.07 Å². The van der Waals surface area contributed by atoms with Gasteiger partial charge in [0.15, 0.2) is 11.5 Å². The Hall–Kier alpha value is -3.04. The molecule has 34 heavy (non-hydrogen) atoms. The molecule has 180 valence electrons. The molecule has 0 saturated carbocycles. The third-order valence-corrected chi connectivity index (χ3v) is 8.33. The Morgan fingerprint density at radius 1 is 1.03 bits per heavy atom. The van der Waals surface area contributed by atoms with E-state index in [0.717, 1.165) is 36.1 Å². The molecule has 3 aliphatic heterocycles. The monoisotopic (exact) mass is 484 g/mol. The van der Waals surface area contributed by atoms with Crippen molar-refractivity contribution in [2.45, 2.75) is 30.6 Å². The van der Waals surface area contributed by atoms with Gasteiger partial charge in [0.05, 0.1) is 12.0 Å². The van der Waals surface area contributed by atoms with Crippen molar-refractivity contribution in [1.29, 1.82) is 0 Å². The number of ether oxygens (including phenoxy) is 3. The minimum Gasteiger partial charge on any atom is -0.493 e. The maximum atomic E-state index is 13.0. The zero-order chi connectivity index (χ0) is 23.7. The highest BCUT2D eigenvalue weighted by molar-refractivity contribution is 7.89. The van der Waals surface area contributed by atoms with E-state index in [2.05, 4.69) is 0 Å². The van der Waals surface area contributed by atoms with Gasteiger partial charge >= 0.3 is 0 Å². The van der Waals surface area contributed by atoms with E-state index in [1.54, 1.807) is 46.7 Å². The van der Waals surface area contributed by atoms with Crippen LogP contribution in [0.15, 0.2) is 41.3 Å². The van der Waals surface area contributed by atoms with Crippen molar-refractivity contribution in [1.82, 2.24) is 4.31 Å². The van der Waals surface area contributed by atoms with Crippen LogP contribution < -0.4 is 19.1 Å². The molecule has 1 saturated heterocycles. The quantitative estimate of drug-likeness (QED) is 0.606. The summed E-state index contributed by atoms with van der Waals surface area (Å²) in [6, 6.07) is 8.70. The third kappa shape index (κ3) is 4.25. The molecule has 0 bridgehead atoms. The van der Waals surface area contributed by atoms with Gasteiger partial charge < -0.3 is 19.1 Å². The lowest BCUT2D eigenvalue weighted by Crippen LogP contribution is -2.35. The number of piperidine rings is 1. The van der Waals surface area contributed by atoms with Gasteiger partial charge in [0.2, 0.25) is 15.8 Å². The second-order valence-electron chi connectivity index (χ2n) is 8.58. The molecule has 0 radical (unpaired) electrons. The third-order valence-electron chi connectivity index (χ3n) is 6.43. The van der Waals surface area contributed by atoms with Crippen LogP contribution in [0.25, 0.3) is 6.08 Å². The lowest BCUT2D eigenvalue weighted by atomic mass is 10.1. The van der Waals surface area contributed by atoms with Crippen molar-refractivity contribution >= 4 is 27.7 Å². The largest absolute Gasteiger partial charge is 0.493 e. The first-order chi connectivity index (χ1) is 16.5. The van der Waals surface area contributed by atoms with Crippen LogP contribution in [0.1, 0.15) is 30.4 Å². The second-order valence-corrected chi connectivity index (χ2v) is 10.5. The number of carbonyl (C=O) groups excluding carboxylic acids is 1. The number of anilines is 1. The topological polar surface area (TPSA) is 85.4 Å². The first-order valence-corrected chi connectivity index (χ1v) is 13.0. The van der Waals surface area contributed by atoms with Gasteiger partial charge in [-0.2, -0.15) is 4.31 Å². The molecular formula is C25H28N2O6S. The Kier molecular flexibility index (Phi) is 6.22. The summed E-state index contributed by atoms with van der Waals surface area (Å²) >= 11 is 0. The van der Waals surface area contributed by atoms with Crippen molar-refractivity contribution in [2.24, 2.45) is 0 Å². The number of hydrogen-bond acceptors (Lipinski definition) is 6. The SMILES string of the molecule is COc1cc(/C=C/C(=O)N2CCc3cc(S(=O)(=O)N4CCCCC4)ccc32)cc2c1OCCO2. The summed E-state index contributed by atoms with van der Waals surface area (Å²) in [4.78, 5) is 15.0.